The van der Waals surface area contributed by atoms with Crippen LogP contribution in [0.2, 0.25) is 0 Å². The van der Waals surface area contributed by atoms with Gasteiger partial charge in [0.15, 0.2) is 0 Å². The number of aliphatic hydroxyl groups is 2. The number of amides is 1. The average molecular weight is 416 g/mol. The van der Waals surface area contributed by atoms with E-state index in [1.165, 1.54) is 0 Å². The van der Waals surface area contributed by atoms with Gasteiger partial charge in [0, 0.05) is 37.8 Å². The van der Waals surface area contributed by atoms with Crippen LogP contribution in [0.1, 0.15) is 70.5 Å². The molecule has 0 aromatic heterocycles. The van der Waals surface area contributed by atoms with Crippen LogP contribution >= 0.6 is 0 Å². The van der Waals surface area contributed by atoms with E-state index in [-0.39, 0.29) is 12.1 Å². The minimum Gasteiger partial charge on any atom is -0.443 e. The summed E-state index contributed by atoms with van der Waals surface area (Å²) < 4.78 is 11.0. The van der Waals surface area contributed by atoms with E-state index in [2.05, 4.69) is 11.8 Å². The van der Waals surface area contributed by atoms with Crippen molar-refractivity contribution in [2.24, 2.45) is 0 Å². The number of carbonyl (C=O) groups excluding carboxylic acids is 1. The lowest BCUT2D eigenvalue weighted by Crippen LogP contribution is -2.51. The van der Waals surface area contributed by atoms with Gasteiger partial charge in [0.1, 0.15) is 11.2 Å². The molecule has 30 heavy (non-hydrogen) atoms. The predicted octanol–water partition coefficient (Wildman–Crippen LogP) is 3.40. The summed E-state index contributed by atoms with van der Waals surface area (Å²) in [4.78, 5) is 14.4. The lowest BCUT2D eigenvalue weighted by molar-refractivity contribution is -0.0859. The Bertz CT molecular complexity index is 811. The minimum absolute atomic E-state index is 0.133. The molecule has 164 valence electrons. The number of cyclic esters (lactones) is 1. The molecule has 2 heterocycles. The lowest BCUT2D eigenvalue weighted by atomic mass is 9.87. The van der Waals surface area contributed by atoms with Crippen molar-refractivity contribution >= 4 is 6.09 Å². The van der Waals surface area contributed by atoms with Crippen LogP contribution in [0, 0.1) is 11.8 Å². The van der Waals surface area contributed by atoms with E-state index in [9.17, 15) is 15.0 Å². The largest absolute Gasteiger partial charge is 0.443 e. The van der Waals surface area contributed by atoms with Gasteiger partial charge in [-0.25, -0.2) is 4.79 Å². The normalized spacial score (nSPS) is 25.1. The summed E-state index contributed by atoms with van der Waals surface area (Å²) >= 11 is 0. The van der Waals surface area contributed by atoms with E-state index in [1.54, 1.807) is 18.7 Å². The SMILES string of the molecule is C[C@@H](c1ccc(C#CC2(O)CCOCC2)cc1)N1CC[C@@](C)(CC(C)(C)O)OC1=O. The van der Waals surface area contributed by atoms with Gasteiger partial charge in [-0.15, -0.1) is 0 Å². The van der Waals surface area contributed by atoms with E-state index in [0.29, 0.717) is 45.4 Å². The molecule has 0 unspecified atom stereocenters. The molecule has 1 amide bonds. The van der Waals surface area contributed by atoms with Gasteiger partial charge in [0.25, 0.3) is 0 Å². The van der Waals surface area contributed by atoms with E-state index in [0.717, 1.165) is 11.1 Å². The number of benzene rings is 1. The van der Waals surface area contributed by atoms with Gasteiger partial charge in [-0.05, 0) is 45.4 Å². The van der Waals surface area contributed by atoms with Crippen molar-refractivity contribution in [1.82, 2.24) is 4.90 Å². The van der Waals surface area contributed by atoms with Crippen molar-refractivity contribution < 1.29 is 24.5 Å². The molecule has 6 nitrogen and oxygen atoms in total. The first-order chi connectivity index (χ1) is 14.0. The number of hydrogen-bond acceptors (Lipinski definition) is 5. The van der Waals surface area contributed by atoms with Gasteiger partial charge in [0.05, 0.1) is 24.9 Å². The highest BCUT2D eigenvalue weighted by atomic mass is 16.6. The molecule has 0 bridgehead atoms. The Balaban J connectivity index is 1.64. The van der Waals surface area contributed by atoms with Gasteiger partial charge in [-0.1, -0.05) is 24.0 Å². The van der Waals surface area contributed by atoms with Crippen molar-refractivity contribution in [3.05, 3.63) is 35.4 Å². The number of nitrogens with zero attached hydrogens (tertiary/aromatic N) is 1. The zero-order valence-electron chi connectivity index (χ0n) is 18.4. The van der Waals surface area contributed by atoms with Crippen LogP contribution in [0.3, 0.4) is 0 Å². The van der Waals surface area contributed by atoms with Crippen LogP contribution in [0.15, 0.2) is 24.3 Å². The molecule has 2 fully saturated rings. The third-order valence-electron chi connectivity index (χ3n) is 5.88. The van der Waals surface area contributed by atoms with Crippen molar-refractivity contribution in [3.8, 4) is 11.8 Å². The molecule has 2 aliphatic rings. The van der Waals surface area contributed by atoms with E-state index >= 15 is 0 Å². The molecule has 2 aliphatic heterocycles. The summed E-state index contributed by atoms with van der Waals surface area (Å²) in [6.45, 7) is 8.95. The van der Waals surface area contributed by atoms with Gasteiger partial charge in [-0.3, -0.25) is 0 Å². The molecule has 3 rings (SSSR count). The zero-order valence-corrected chi connectivity index (χ0v) is 18.4. The van der Waals surface area contributed by atoms with E-state index in [4.69, 9.17) is 9.47 Å². The first-order valence-corrected chi connectivity index (χ1v) is 10.6. The molecule has 0 saturated carbocycles. The summed E-state index contributed by atoms with van der Waals surface area (Å²) in [6, 6.07) is 7.61. The molecular formula is C24H33NO5. The molecule has 2 saturated heterocycles. The highest BCUT2D eigenvalue weighted by Gasteiger charge is 2.41. The van der Waals surface area contributed by atoms with Crippen molar-refractivity contribution in [1.29, 1.82) is 0 Å². The third kappa shape index (κ3) is 5.75. The Morgan fingerprint density at radius 3 is 2.40 bits per heavy atom. The van der Waals surface area contributed by atoms with Crippen molar-refractivity contribution in [3.63, 3.8) is 0 Å². The minimum atomic E-state index is -0.975. The molecule has 2 N–H and O–H groups in total. The Labute approximate surface area is 179 Å². The highest BCUT2D eigenvalue weighted by Crippen LogP contribution is 2.34. The molecule has 0 spiro atoms. The molecule has 0 aliphatic carbocycles. The number of ether oxygens (including phenoxy) is 2. The standard InChI is InChI=1S/C24H33NO5/c1-18(25-14-11-23(4,30-21(25)26)17-22(2,3)27)20-7-5-19(6-8-20)9-10-24(28)12-15-29-16-13-24/h5-8,18,27-28H,11-17H2,1-4H3/t18-,23-/m0/s1. The smallest absolute Gasteiger partial charge is 0.410 e. The third-order valence-corrected chi connectivity index (χ3v) is 5.88. The van der Waals surface area contributed by atoms with Crippen LogP contribution in [0.25, 0.3) is 0 Å². The molecular weight excluding hydrogens is 382 g/mol. The first kappa shape index (κ1) is 22.6. The molecule has 2 atom stereocenters. The zero-order chi connectivity index (χ0) is 22.0. The Morgan fingerprint density at radius 2 is 1.83 bits per heavy atom. The van der Waals surface area contributed by atoms with Gasteiger partial charge < -0.3 is 24.6 Å². The van der Waals surface area contributed by atoms with Crippen molar-refractivity contribution in [2.45, 2.75) is 76.2 Å². The fraction of sp³-hybridized carbons (Fsp3) is 0.625. The fourth-order valence-electron chi connectivity index (χ4n) is 4.21. The number of rotatable bonds is 4. The average Bonchev–Trinajstić information content (AvgIpc) is 2.65. The highest BCUT2D eigenvalue weighted by molar-refractivity contribution is 5.69. The van der Waals surface area contributed by atoms with Crippen LogP contribution in [-0.4, -0.2) is 57.8 Å². The van der Waals surface area contributed by atoms with Crippen LogP contribution in [-0.2, 0) is 9.47 Å². The van der Waals surface area contributed by atoms with E-state index < -0.39 is 16.8 Å². The topological polar surface area (TPSA) is 79.2 Å². The molecule has 6 heteroatoms. The summed E-state index contributed by atoms with van der Waals surface area (Å²) in [5.41, 5.74) is -0.706. The molecule has 1 aromatic rings. The number of hydrogen-bond donors (Lipinski definition) is 2. The lowest BCUT2D eigenvalue weighted by Gasteiger charge is -2.43. The monoisotopic (exact) mass is 415 g/mol. The van der Waals surface area contributed by atoms with Crippen LogP contribution in [0.4, 0.5) is 4.79 Å². The van der Waals surface area contributed by atoms with Gasteiger partial charge in [-0.2, -0.15) is 0 Å². The maximum Gasteiger partial charge on any atom is 0.410 e. The summed E-state index contributed by atoms with van der Waals surface area (Å²) in [5, 5.41) is 20.6. The summed E-state index contributed by atoms with van der Waals surface area (Å²) in [6.07, 6.45) is 1.77. The second kappa shape index (κ2) is 8.58. The van der Waals surface area contributed by atoms with Gasteiger partial charge in [0.2, 0.25) is 0 Å². The molecule has 1 aromatic carbocycles. The summed E-state index contributed by atoms with van der Waals surface area (Å²) in [7, 11) is 0. The fourth-order valence-corrected chi connectivity index (χ4v) is 4.21. The predicted molar refractivity (Wildman–Crippen MR) is 114 cm³/mol. The maximum absolute atomic E-state index is 12.7. The summed E-state index contributed by atoms with van der Waals surface area (Å²) in [5.74, 6) is 6.04. The number of carbonyl (C=O) groups is 1. The Morgan fingerprint density at radius 1 is 1.20 bits per heavy atom. The Hall–Kier alpha value is -2.07. The second-order valence-corrected chi connectivity index (χ2v) is 9.44. The van der Waals surface area contributed by atoms with Crippen molar-refractivity contribution in [2.75, 3.05) is 19.8 Å². The quantitative estimate of drug-likeness (QED) is 0.737. The van der Waals surface area contributed by atoms with Crippen LogP contribution < -0.4 is 0 Å². The molecule has 0 radical (unpaired) electrons. The maximum atomic E-state index is 12.7. The second-order valence-electron chi connectivity index (χ2n) is 9.44. The van der Waals surface area contributed by atoms with E-state index in [1.807, 2.05) is 38.1 Å². The van der Waals surface area contributed by atoms with Gasteiger partial charge >= 0.3 is 6.09 Å². The first-order valence-electron chi connectivity index (χ1n) is 10.6. The Kier molecular flexibility index (Phi) is 6.47. The van der Waals surface area contributed by atoms with Crippen LogP contribution in [0.5, 0.6) is 0 Å².